The van der Waals surface area contributed by atoms with Crippen molar-refractivity contribution in [1.29, 1.82) is 0 Å². The Morgan fingerprint density at radius 1 is 1.58 bits per heavy atom. The molecule has 0 spiro atoms. The van der Waals surface area contributed by atoms with E-state index >= 15 is 0 Å². The van der Waals surface area contributed by atoms with Crippen LogP contribution >= 0.6 is 27.3 Å². The molecule has 0 aliphatic heterocycles. The van der Waals surface area contributed by atoms with Crippen LogP contribution in [0, 0.1) is 0 Å². The molecule has 1 heterocycles. The van der Waals surface area contributed by atoms with Gasteiger partial charge in [0.05, 0.1) is 6.61 Å². The molecule has 1 rings (SSSR count). The van der Waals surface area contributed by atoms with Crippen molar-refractivity contribution in [1.82, 2.24) is 4.90 Å². The van der Waals surface area contributed by atoms with Gasteiger partial charge in [-0.05, 0) is 36.1 Å². The fourth-order valence-electron chi connectivity index (χ4n) is 0.931. The van der Waals surface area contributed by atoms with E-state index in [9.17, 15) is 0 Å². The molecule has 0 unspecified atom stereocenters. The van der Waals surface area contributed by atoms with E-state index in [1.54, 1.807) is 11.3 Å². The van der Waals surface area contributed by atoms with Crippen LogP contribution in [-0.4, -0.2) is 24.1 Å². The Labute approximate surface area is 85.0 Å². The summed E-state index contributed by atoms with van der Waals surface area (Å²) in [5.41, 5.74) is 0. The van der Waals surface area contributed by atoms with Gasteiger partial charge in [-0.3, -0.25) is 0 Å². The Kier molecular flexibility index (Phi) is 3.71. The minimum atomic E-state index is 0.136. The monoisotopic (exact) mass is 249 g/mol. The second kappa shape index (κ2) is 4.37. The quantitative estimate of drug-likeness (QED) is 0.887. The average molecular weight is 250 g/mol. The van der Waals surface area contributed by atoms with Crippen molar-refractivity contribution in [2.45, 2.75) is 13.2 Å². The van der Waals surface area contributed by atoms with E-state index in [0.29, 0.717) is 0 Å². The molecule has 0 amide bonds. The molecule has 0 aromatic carbocycles. The van der Waals surface area contributed by atoms with Gasteiger partial charge in [0.25, 0.3) is 0 Å². The van der Waals surface area contributed by atoms with Crippen LogP contribution in [0.25, 0.3) is 0 Å². The van der Waals surface area contributed by atoms with E-state index < -0.39 is 0 Å². The second-order valence-corrected chi connectivity index (χ2v) is 4.96. The third kappa shape index (κ3) is 2.55. The van der Waals surface area contributed by atoms with Gasteiger partial charge >= 0.3 is 0 Å². The number of hydrogen-bond acceptors (Lipinski definition) is 3. The topological polar surface area (TPSA) is 23.5 Å². The highest BCUT2D eigenvalue weighted by atomic mass is 79.9. The molecular weight excluding hydrogens is 238 g/mol. The third-order valence-corrected chi connectivity index (χ3v) is 3.50. The lowest BCUT2D eigenvalue weighted by Crippen LogP contribution is -2.09. The first-order chi connectivity index (χ1) is 5.63. The van der Waals surface area contributed by atoms with Crippen LogP contribution in [0.1, 0.15) is 9.75 Å². The Balaban J connectivity index is 2.77. The van der Waals surface area contributed by atoms with Crippen LogP contribution in [-0.2, 0) is 13.2 Å². The molecule has 2 nitrogen and oxygen atoms in total. The summed E-state index contributed by atoms with van der Waals surface area (Å²) in [6.07, 6.45) is 0. The van der Waals surface area contributed by atoms with Crippen LogP contribution in [0.2, 0.25) is 0 Å². The predicted molar refractivity (Wildman–Crippen MR) is 55.3 cm³/mol. The number of hydrogen-bond donors (Lipinski definition) is 1. The predicted octanol–water partition coefficient (Wildman–Crippen LogP) is 2.06. The summed E-state index contributed by atoms with van der Waals surface area (Å²) < 4.78 is 1.10. The van der Waals surface area contributed by atoms with Crippen LogP contribution in [0.3, 0.4) is 0 Å². The van der Waals surface area contributed by atoms with E-state index in [2.05, 4.69) is 20.8 Å². The lowest BCUT2D eigenvalue weighted by molar-refractivity contribution is 0.285. The molecule has 0 fully saturated rings. The molecule has 1 aromatic heterocycles. The summed E-state index contributed by atoms with van der Waals surface area (Å²) in [5.74, 6) is 0. The summed E-state index contributed by atoms with van der Waals surface area (Å²) in [4.78, 5) is 4.39. The van der Waals surface area contributed by atoms with Gasteiger partial charge in [-0.15, -0.1) is 11.3 Å². The molecule has 0 saturated carbocycles. The van der Waals surface area contributed by atoms with E-state index in [-0.39, 0.29) is 6.61 Å². The van der Waals surface area contributed by atoms with Gasteiger partial charge in [0.1, 0.15) is 0 Å². The van der Waals surface area contributed by atoms with Gasteiger partial charge in [0, 0.05) is 20.8 Å². The molecule has 0 atom stereocenters. The lowest BCUT2D eigenvalue weighted by atomic mass is 10.4. The van der Waals surface area contributed by atoms with Gasteiger partial charge < -0.3 is 10.0 Å². The highest BCUT2D eigenvalue weighted by Crippen LogP contribution is 2.28. The summed E-state index contributed by atoms with van der Waals surface area (Å²) in [6.45, 7) is 1.06. The molecule has 1 aromatic rings. The molecule has 1 N–H and O–H groups in total. The summed E-state index contributed by atoms with van der Waals surface area (Å²) in [6, 6.07) is 1.98. The van der Waals surface area contributed by atoms with Crippen LogP contribution in [0.5, 0.6) is 0 Å². The summed E-state index contributed by atoms with van der Waals surface area (Å²) in [5, 5.41) is 8.89. The third-order valence-electron chi connectivity index (χ3n) is 1.42. The van der Waals surface area contributed by atoms with Crippen LogP contribution < -0.4 is 0 Å². The van der Waals surface area contributed by atoms with E-state index in [1.807, 2.05) is 20.2 Å². The molecule has 0 saturated heterocycles. The normalized spacial score (nSPS) is 11.1. The van der Waals surface area contributed by atoms with Gasteiger partial charge in [-0.1, -0.05) is 0 Å². The number of rotatable bonds is 3. The maximum absolute atomic E-state index is 8.89. The number of halogens is 1. The fraction of sp³-hybridized carbons (Fsp3) is 0.500. The molecule has 0 bridgehead atoms. The zero-order valence-corrected chi connectivity index (χ0v) is 9.57. The number of aliphatic hydroxyl groups is 1. The van der Waals surface area contributed by atoms with Gasteiger partial charge in [-0.25, -0.2) is 0 Å². The highest BCUT2D eigenvalue weighted by molar-refractivity contribution is 9.10. The highest BCUT2D eigenvalue weighted by Gasteiger charge is 2.06. The summed E-state index contributed by atoms with van der Waals surface area (Å²) in [7, 11) is 4.07. The number of nitrogens with zero attached hydrogens (tertiary/aromatic N) is 1. The smallest absolute Gasteiger partial charge is 0.0774 e. The first-order valence-electron chi connectivity index (χ1n) is 3.66. The molecular formula is C8H12BrNOS. The molecule has 68 valence electrons. The SMILES string of the molecule is CN(C)Cc1sc(CO)cc1Br. The largest absolute Gasteiger partial charge is 0.391 e. The second-order valence-electron chi connectivity index (χ2n) is 2.88. The fourth-order valence-corrected chi connectivity index (χ4v) is 2.76. The maximum Gasteiger partial charge on any atom is 0.0774 e. The molecule has 0 aliphatic rings. The molecule has 12 heavy (non-hydrogen) atoms. The number of aliphatic hydroxyl groups excluding tert-OH is 1. The van der Waals surface area contributed by atoms with Crippen molar-refractivity contribution in [2.24, 2.45) is 0 Å². The summed E-state index contributed by atoms with van der Waals surface area (Å²) >= 11 is 5.11. The van der Waals surface area contributed by atoms with Crippen molar-refractivity contribution < 1.29 is 5.11 Å². The van der Waals surface area contributed by atoms with Gasteiger partial charge in [-0.2, -0.15) is 0 Å². The van der Waals surface area contributed by atoms with Crippen LogP contribution in [0.4, 0.5) is 0 Å². The van der Waals surface area contributed by atoms with E-state index in [4.69, 9.17) is 5.11 Å². The zero-order chi connectivity index (χ0) is 9.14. The minimum absolute atomic E-state index is 0.136. The Bertz CT molecular complexity index is 260. The first kappa shape index (κ1) is 10.2. The Morgan fingerprint density at radius 3 is 2.67 bits per heavy atom. The molecule has 0 radical (unpaired) electrons. The van der Waals surface area contributed by atoms with Crippen molar-refractivity contribution in [2.75, 3.05) is 14.1 Å². The van der Waals surface area contributed by atoms with Gasteiger partial charge in [0.15, 0.2) is 0 Å². The van der Waals surface area contributed by atoms with E-state index in [0.717, 1.165) is 15.9 Å². The number of thiophene rings is 1. The standard InChI is InChI=1S/C8H12BrNOS/c1-10(2)4-8-7(9)3-6(5-11)12-8/h3,11H,4-5H2,1-2H3. The van der Waals surface area contributed by atoms with Crippen molar-refractivity contribution in [3.8, 4) is 0 Å². The first-order valence-corrected chi connectivity index (χ1v) is 5.27. The zero-order valence-electron chi connectivity index (χ0n) is 7.17. The Hall–Kier alpha value is 0.100. The lowest BCUT2D eigenvalue weighted by Gasteiger charge is -2.07. The van der Waals surface area contributed by atoms with Crippen molar-refractivity contribution >= 4 is 27.3 Å². The van der Waals surface area contributed by atoms with Crippen LogP contribution in [0.15, 0.2) is 10.5 Å². The van der Waals surface area contributed by atoms with Gasteiger partial charge in [0.2, 0.25) is 0 Å². The average Bonchev–Trinajstić information content (AvgIpc) is 2.31. The minimum Gasteiger partial charge on any atom is -0.391 e. The van der Waals surface area contributed by atoms with E-state index in [1.165, 1.54) is 4.88 Å². The Morgan fingerprint density at radius 2 is 2.25 bits per heavy atom. The molecule has 0 aliphatic carbocycles. The molecule has 4 heteroatoms. The van der Waals surface area contributed by atoms with Crippen molar-refractivity contribution in [3.63, 3.8) is 0 Å². The van der Waals surface area contributed by atoms with Crippen molar-refractivity contribution in [3.05, 3.63) is 20.3 Å². The maximum atomic E-state index is 8.89.